The van der Waals surface area contributed by atoms with E-state index in [1.54, 1.807) is 17.5 Å². The highest BCUT2D eigenvalue weighted by Gasteiger charge is 2.23. The number of rotatable bonds is 6. The third-order valence-electron chi connectivity index (χ3n) is 4.47. The molecule has 1 N–H and O–H groups in total. The molecule has 6 nitrogen and oxygen atoms in total. The van der Waals surface area contributed by atoms with Gasteiger partial charge in [-0.3, -0.25) is 4.79 Å². The van der Waals surface area contributed by atoms with E-state index in [4.69, 9.17) is 9.15 Å². The Morgan fingerprint density at radius 2 is 2.07 bits per heavy atom. The van der Waals surface area contributed by atoms with E-state index in [1.807, 2.05) is 37.3 Å². The molecular formula is C22H18N2O4S2. The van der Waals surface area contributed by atoms with Crippen LogP contribution in [0.15, 0.2) is 63.6 Å². The Labute approximate surface area is 181 Å². The van der Waals surface area contributed by atoms with Gasteiger partial charge in [-0.05, 0) is 36.8 Å². The number of benzene rings is 1. The number of furan rings is 1. The van der Waals surface area contributed by atoms with E-state index in [1.165, 1.54) is 36.5 Å². The van der Waals surface area contributed by atoms with Crippen molar-refractivity contribution in [3.05, 3.63) is 65.2 Å². The number of pyridine rings is 1. The fourth-order valence-electron chi connectivity index (χ4n) is 3.06. The second kappa shape index (κ2) is 8.73. The summed E-state index contributed by atoms with van der Waals surface area (Å²) in [7, 11) is 1.31. The van der Waals surface area contributed by atoms with Crippen molar-refractivity contribution in [2.75, 3.05) is 18.2 Å². The van der Waals surface area contributed by atoms with Crippen molar-refractivity contribution >= 4 is 50.9 Å². The first kappa shape index (κ1) is 20.2. The minimum absolute atomic E-state index is 0.166. The lowest BCUT2D eigenvalue weighted by molar-refractivity contribution is -0.113. The number of aryl methyl sites for hydroxylation is 1. The maximum atomic E-state index is 12.6. The van der Waals surface area contributed by atoms with Gasteiger partial charge in [0.1, 0.15) is 16.3 Å². The fourth-order valence-corrected chi connectivity index (χ4v) is 4.79. The molecular weight excluding hydrogens is 420 g/mol. The summed E-state index contributed by atoms with van der Waals surface area (Å²) in [6.45, 7) is 2.03. The van der Waals surface area contributed by atoms with Crippen molar-refractivity contribution in [2.45, 2.75) is 11.9 Å². The number of fused-ring (bicyclic) bond motifs is 1. The number of ether oxygens (including phenoxy) is 1. The van der Waals surface area contributed by atoms with E-state index in [-0.39, 0.29) is 17.2 Å². The van der Waals surface area contributed by atoms with Crippen molar-refractivity contribution in [1.82, 2.24) is 4.98 Å². The van der Waals surface area contributed by atoms with Gasteiger partial charge >= 0.3 is 5.97 Å². The van der Waals surface area contributed by atoms with Crippen molar-refractivity contribution in [3.8, 4) is 11.3 Å². The van der Waals surface area contributed by atoms with Gasteiger partial charge in [0.15, 0.2) is 0 Å². The van der Waals surface area contributed by atoms with Crippen LogP contribution >= 0.6 is 23.1 Å². The van der Waals surface area contributed by atoms with Crippen molar-refractivity contribution in [1.29, 1.82) is 0 Å². The number of hydrogen-bond donors (Lipinski definition) is 1. The summed E-state index contributed by atoms with van der Waals surface area (Å²) >= 11 is 2.60. The van der Waals surface area contributed by atoms with Crippen LogP contribution in [0.4, 0.5) is 5.00 Å². The molecule has 0 fully saturated rings. The molecule has 4 aromatic rings. The quantitative estimate of drug-likeness (QED) is 0.321. The number of aromatic nitrogens is 1. The third kappa shape index (κ3) is 4.10. The number of esters is 1. The van der Waals surface area contributed by atoms with Crippen LogP contribution in [0.2, 0.25) is 0 Å². The summed E-state index contributed by atoms with van der Waals surface area (Å²) < 4.78 is 10.3. The second-order valence-corrected chi connectivity index (χ2v) is 8.33. The Hall–Kier alpha value is -3.10. The van der Waals surface area contributed by atoms with Crippen LogP contribution < -0.4 is 5.32 Å². The first-order valence-corrected chi connectivity index (χ1v) is 11.0. The molecule has 0 spiro atoms. The summed E-state index contributed by atoms with van der Waals surface area (Å²) in [6, 6.07) is 13.4. The fraction of sp³-hybridized carbons (Fsp3) is 0.136. The molecule has 0 radical (unpaired) electrons. The molecule has 0 bridgehead atoms. The van der Waals surface area contributed by atoms with E-state index in [9.17, 15) is 9.59 Å². The maximum Gasteiger partial charge on any atom is 0.341 e. The first-order valence-electron chi connectivity index (χ1n) is 9.09. The Balaban J connectivity index is 1.50. The number of carbonyl (C=O) groups is 2. The lowest BCUT2D eigenvalue weighted by Crippen LogP contribution is -2.16. The van der Waals surface area contributed by atoms with Gasteiger partial charge in [0.25, 0.3) is 0 Å². The first-order chi connectivity index (χ1) is 14.6. The largest absolute Gasteiger partial charge is 0.465 e. The van der Waals surface area contributed by atoms with Crippen LogP contribution in [-0.4, -0.2) is 29.7 Å². The molecule has 30 heavy (non-hydrogen) atoms. The molecule has 1 aromatic carbocycles. The van der Waals surface area contributed by atoms with Gasteiger partial charge in [-0.2, -0.15) is 0 Å². The Morgan fingerprint density at radius 3 is 2.83 bits per heavy atom. The molecule has 4 rings (SSSR count). The normalized spacial score (nSPS) is 10.9. The van der Waals surface area contributed by atoms with Crippen LogP contribution in [-0.2, 0) is 9.53 Å². The molecule has 3 heterocycles. The summed E-state index contributed by atoms with van der Waals surface area (Å²) in [4.78, 5) is 29.5. The lowest BCUT2D eigenvalue weighted by atomic mass is 10.1. The Bertz CT molecular complexity index is 1220. The molecule has 8 heteroatoms. The lowest BCUT2D eigenvalue weighted by Gasteiger charge is -2.08. The topological polar surface area (TPSA) is 81.4 Å². The van der Waals surface area contributed by atoms with Gasteiger partial charge in [0.2, 0.25) is 5.91 Å². The summed E-state index contributed by atoms with van der Waals surface area (Å²) in [5.41, 5.74) is 2.88. The van der Waals surface area contributed by atoms with Gasteiger partial charge in [-0.1, -0.05) is 30.0 Å². The summed E-state index contributed by atoms with van der Waals surface area (Å²) in [6.07, 6.45) is 1.53. The van der Waals surface area contributed by atoms with E-state index in [2.05, 4.69) is 10.3 Å². The smallest absolute Gasteiger partial charge is 0.341 e. The van der Waals surface area contributed by atoms with E-state index >= 15 is 0 Å². The number of para-hydroxylation sites is 1. The number of thiophene rings is 1. The predicted octanol–water partition coefficient (Wildman–Crippen LogP) is 5.38. The van der Waals surface area contributed by atoms with Crippen LogP contribution in [0.5, 0.6) is 0 Å². The van der Waals surface area contributed by atoms with E-state index in [0.29, 0.717) is 16.3 Å². The third-order valence-corrected chi connectivity index (χ3v) is 6.28. The zero-order valence-electron chi connectivity index (χ0n) is 16.3. The van der Waals surface area contributed by atoms with E-state index in [0.717, 1.165) is 21.5 Å². The summed E-state index contributed by atoms with van der Waals surface area (Å²) in [5.74, 6) is -0.0558. The molecule has 0 atom stereocenters. The number of amides is 1. The number of thioether (sulfide) groups is 1. The number of nitrogens with one attached hydrogen (secondary N) is 1. The van der Waals surface area contributed by atoms with Crippen LogP contribution in [0.1, 0.15) is 15.9 Å². The van der Waals surface area contributed by atoms with Gasteiger partial charge < -0.3 is 14.5 Å². The van der Waals surface area contributed by atoms with Crippen LogP contribution in [0, 0.1) is 6.92 Å². The molecule has 0 aliphatic rings. The molecule has 0 aliphatic carbocycles. The van der Waals surface area contributed by atoms with Gasteiger partial charge in [-0.25, -0.2) is 9.78 Å². The molecule has 3 aromatic heterocycles. The SMILES string of the molecule is COC(=O)c1c(-c2ccco2)csc1NC(=O)CSc1cc(C)c2ccccc2n1. The molecule has 1 amide bonds. The standard InChI is InChI=1S/C22H18N2O4S2/c1-13-10-19(23-16-7-4-3-6-14(13)16)29-12-18(25)24-21-20(22(26)27-2)15(11-30-21)17-8-5-9-28-17/h3-11H,12H2,1-2H3,(H,24,25). The highest BCUT2D eigenvalue weighted by Crippen LogP contribution is 2.36. The van der Waals surface area contributed by atoms with Crippen LogP contribution in [0.25, 0.3) is 22.2 Å². The summed E-state index contributed by atoms with van der Waals surface area (Å²) in [5, 5.41) is 6.89. The number of hydrogen-bond acceptors (Lipinski definition) is 7. The molecule has 0 saturated heterocycles. The average Bonchev–Trinajstić information content (AvgIpc) is 3.41. The van der Waals surface area contributed by atoms with Crippen molar-refractivity contribution in [2.24, 2.45) is 0 Å². The zero-order chi connectivity index (χ0) is 21.1. The zero-order valence-corrected chi connectivity index (χ0v) is 17.9. The highest BCUT2D eigenvalue weighted by atomic mass is 32.2. The predicted molar refractivity (Wildman–Crippen MR) is 119 cm³/mol. The average molecular weight is 439 g/mol. The van der Waals surface area contributed by atoms with Gasteiger partial charge in [0.05, 0.1) is 29.7 Å². The maximum absolute atomic E-state index is 12.6. The molecule has 0 unspecified atom stereocenters. The second-order valence-electron chi connectivity index (χ2n) is 6.45. The Kier molecular flexibility index (Phi) is 5.87. The van der Waals surface area contributed by atoms with Crippen LogP contribution in [0.3, 0.4) is 0 Å². The number of carbonyl (C=O) groups excluding carboxylic acids is 2. The van der Waals surface area contributed by atoms with Gasteiger partial charge in [-0.15, -0.1) is 11.3 Å². The highest BCUT2D eigenvalue weighted by molar-refractivity contribution is 7.99. The monoisotopic (exact) mass is 438 g/mol. The van der Waals surface area contributed by atoms with Gasteiger partial charge in [0, 0.05) is 16.3 Å². The Morgan fingerprint density at radius 1 is 1.23 bits per heavy atom. The van der Waals surface area contributed by atoms with Crippen molar-refractivity contribution in [3.63, 3.8) is 0 Å². The number of anilines is 1. The van der Waals surface area contributed by atoms with E-state index < -0.39 is 5.97 Å². The minimum atomic E-state index is -0.530. The molecule has 152 valence electrons. The minimum Gasteiger partial charge on any atom is -0.465 e. The molecule has 0 aliphatic heterocycles. The van der Waals surface area contributed by atoms with Crippen molar-refractivity contribution < 1.29 is 18.7 Å². The number of nitrogens with zero attached hydrogens (tertiary/aromatic N) is 1. The number of methoxy groups -OCH3 is 1. The molecule has 0 saturated carbocycles.